The summed E-state index contributed by atoms with van der Waals surface area (Å²) in [6, 6.07) is 10.4. The molecule has 1 aliphatic rings. The van der Waals surface area contributed by atoms with Crippen molar-refractivity contribution in [2.24, 2.45) is 0 Å². The SMILES string of the molecule is O=C(/C=C/c1ccccc1)NCC[C@H]1CCCN1. The molecule has 0 aliphatic carbocycles. The van der Waals surface area contributed by atoms with Crippen molar-refractivity contribution in [1.29, 1.82) is 0 Å². The Morgan fingerprint density at radius 2 is 2.22 bits per heavy atom. The van der Waals surface area contributed by atoms with Crippen molar-refractivity contribution >= 4 is 12.0 Å². The highest BCUT2D eigenvalue weighted by Gasteiger charge is 2.12. The summed E-state index contributed by atoms with van der Waals surface area (Å²) in [6.45, 7) is 1.86. The molecule has 1 fully saturated rings. The fraction of sp³-hybridized carbons (Fsp3) is 0.400. The van der Waals surface area contributed by atoms with Gasteiger partial charge >= 0.3 is 0 Å². The zero-order valence-corrected chi connectivity index (χ0v) is 10.6. The fourth-order valence-electron chi connectivity index (χ4n) is 2.17. The second kappa shape index (κ2) is 6.97. The molecule has 3 nitrogen and oxygen atoms in total. The van der Waals surface area contributed by atoms with Gasteiger partial charge in [-0.2, -0.15) is 0 Å². The van der Waals surface area contributed by atoms with Gasteiger partial charge in [0.05, 0.1) is 0 Å². The minimum atomic E-state index is -0.0168. The summed E-state index contributed by atoms with van der Waals surface area (Å²) in [5, 5.41) is 6.33. The number of carbonyl (C=O) groups is 1. The van der Waals surface area contributed by atoms with Crippen LogP contribution in [0.15, 0.2) is 36.4 Å². The summed E-state index contributed by atoms with van der Waals surface area (Å²) < 4.78 is 0. The van der Waals surface area contributed by atoms with Gasteiger partial charge in [-0.1, -0.05) is 30.3 Å². The molecular formula is C15H20N2O. The van der Waals surface area contributed by atoms with Crippen LogP contribution in [0.3, 0.4) is 0 Å². The van der Waals surface area contributed by atoms with Crippen molar-refractivity contribution in [3.63, 3.8) is 0 Å². The van der Waals surface area contributed by atoms with E-state index >= 15 is 0 Å². The van der Waals surface area contributed by atoms with Gasteiger partial charge in [-0.3, -0.25) is 4.79 Å². The largest absolute Gasteiger partial charge is 0.352 e. The highest BCUT2D eigenvalue weighted by atomic mass is 16.1. The van der Waals surface area contributed by atoms with Gasteiger partial charge in [0.2, 0.25) is 5.91 Å². The molecule has 18 heavy (non-hydrogen) atoms. The quantitative estimate of drug-likeness (QED) is 0.777. The van der Waals surface area contributed by atoms with Crippen molar-refractivity contribution in [1.82, 2.24) is 10.6 Å². The third-order valence-electron chi connectivity index (χ3n) is 3.18. The van der Waals surface area contributed by atoms with Gasteiger partial charge in [-0.05, 0) is 37.4 Å². The third-order valence-corrected chi connectivity index (χ3v) is 3.18. The van der Waals surface area contributed by atoms with Gasteiger partial charge in [0.25, 0.3) is 0 Å². The molecule has 96 valence electrons. The van der Waals surface area contributed by atoms with Gasteiger partial charge in [0, 0.05) is 18.7 Å². The molecule has 0 unspecified atom stereocenters. The number of amides is 1. The van der Waals surface area contributed by atoms with Crippen LogP contribution >= 0.6 is 0 Å². The molecule has 0 spiro atoms. The average molecular weight is 244 g/mol. The smallest absolute Gasteiger partial charge is 0.243 e. The lowest BCUT2D eigenvalue weighted by atomic mass is 10.1. The first-order valence-corrected chi connectivity index (χ1v) is 6.59. The van der Waals surface area contributed by atoms with E-state index in [1.54, 1.807) is 6.08 Å². The minimum Gasteiger partial charge on any atom is -0.352 e. The molecule has 0 radical (unpaired) electrons. The highest BCUT2D eigenvalue weighted by molar-refractivity contribution is 5.91. The van der Waals surface area contributed by atoms with E-state index in [1.807, 2.05) is 36.4 Å². The molecule has 1 aromatic carbocycles. The summed E-state index contributed by atoms with van der Waals surface area (Å²) in [7, 11) is 0. The lowest BCUT2D eigenvalue weighted by Gasteiger charge is -2.09. The average Bonchev–Trinajstić information content (AvgIpc) is 2.91. The first-order valence-electron chi connectivity index (χ1n) is 6.59. The normalized spacial score (nSPS) is 19.2. The maximum atomic E-state index is 11.6. The Hall–Kier alpha value is -1.61. The van der Waals surface area contributed by atoms with Crippen LogP contribution < -0.4 is 10.6 Å². The second-order valence-corrected chi connectivity index (χ2v) is 4.62. The van der Waals surface area contributed by atoms with Crippen LogP contribution in [0.25, 0.3) is 6.08 Å². The summed E-state index contributed by atoms with van der Waals surface area (Å²) in [6.07, 6.45) is 6.94. The van der Waals surface area contributed by atoms with Crippen LogP contribution in [0, 0.1) is 0 Å². The molecule has 0 aromatic heterocycles. The van der Waals surface area contributed by atoms with Crippen LogP contribution in [0.4, 0.5) is 0 Å². The van der Waals surface area contributed by atoms with E-state index in [9.17, 15) is 4.79 Å². The van der Waals surface area contributed by atoms with E-state index in [0.29, 0.717) is 6.04 Å². The molecule has 1 atom stereocenters. The van der Waals surface area contributed by atoms with Crippen molar-refractivity contribution in [2.75, 3.05) is 13.1 Å². The molecule has 1 amide bonds. The predicted molar refractivity (Wildman–Crippen MR) is 74.1 cm³/mol. The Labute approximate surface area is 108 Å². The van der Waals surface area contributed by atoms with Crippen LogP contribution in [0.2, 0.25) is 0 Å². The molecule has 1 aromatic rings. The van der Waals surface area contributed by atoms with Crippen molar-refractivity contribution in [2.45, 2.75) is 25.3 Å². The molecule has 1 aliphatic heterocycles. The van der Waals surface area contributed by atoms with Gasteiger partial charge in [0.1, 0.15) is 0 Å². The van der Waals surface area contributed by atoms with Crippen LogP contribution in [0.1, 0.15) is 24.8 Å². The second-order valence-electron chi connectivity index (χ2n) is 4.62. The Kier molecular flexibility index (Phi) is 4.97. The molecule has 3 heteroatoms. The molecule has 1 saturated heterocycles. The van der Waals surface area contributed by atoms with Crippen LogP contribution in [0.5, 0.6) is 0 Å². The zero-order chi connectivity index (χ0) is 12.6. The first kappa shape index (κ1) is 12.8. The molecule has 0 bridgehead atoms. The number of nitrogens with one attached hydrogen (secondary N) is 2. The predicted octanol–water partition coefficient (Wildman–Crippen LogP) is 1.96. The summed E-state index contributed by atoms with van der Waals surface area (Å²) in [5.41, 5.74) is 1.05. The topological polar surface area (TPSA) is 41.1 Å². The van der Waals surface area contributed by atoms with Gasteiger partial charge in [-0.25, -0.2) is 0 Å². The van der Waals surface area contributed by atoms with Gasteiger partial charge < -0.3 is 10.6 Å². The molecule has 2 N–H and O–H groups in total. The van der Waals surface area contributed by atoms with Gasteiger partial charge in [0.15, 0.2) is 0 Å². The third kappa shape index (κ3) is 4.34. The molecular weight excluding hydrogens is 224 g/mol. The zero-order valence-electron chi connectivity index (χ0n) is 10.6. The van der Waals surface area contributed by atoms with E-state index in [4.69, 9.17) is 0 Å². The highest BCUT2D eigenvalue weighted by Crippen LogP contribution is 2.07. The Balaban J connectivity index is 1.67. The number of hydrogen-bond donors (Lipinski definition) is 2. The maximum Gasteiger partial charge on any atom is 0.243 e. The van der Waals surface area contributed by atoms with Crippen molar-refractivity contribution < 1.29 is 4.79 Å². The monoisotopic (exact) mass is 244 g/mol. The molecule has 1 heterocycles. The Bertz CT molecular complexity index is 394. The number of hydrogen-bond acceptors (Lipinski definition) is 2. The Morgan fingerprint density at radius 3 is 2.94 bits per heavy atom. The summed E-state index contributed by atoms with van der Waals surface area (Å²) >= 11 is 0. The van der Waals surface area contributed by atoms with Crippen molar-refractivity contribution in [3.8, 4) is 0 Å². The minimum absolute atomic E-state index is 0.0168. The van der Waals surface area contributed by atoms with Crippen LogP contribution in [-0.2, 0) is 4.79 Å². The van der Waals surface area contributed by atoms with Crippen LogP contribution in [-0.4, -0.2) is 25.0 Å². The lowest BCUT2D eigenvalue weighted by Crippen LogP contribution is -2.29. The number of benzene rings is 1. The Morgan fingerprint density at radius 1 is 1.39 bits per heavy atom. The maximum absolute atomic E-state index is 11.6. The standard InChI is InChI=1S/C15H20N2O/c18-15(9-8-13-5-2-1-3-6-13)17-12-10-14-7-4-11-16-14/h1-3,5-6,8-9,14,16H,4,7,10-12H2,(H,17,18)/b9-8+/t14-/m1/s1. The van der Waals surface area contributed by atoms with E-state index in [-0.39, 0.29) is 5.91 Å². The summed E-state index contributed by atoms with van der Waals surface area (Å²) in [4.78, 5) is 11.6. The fourth-order valence-corrected chi connectivity index (χ4v) is 2.17. The van der Waals surface area contributed by atoms with E-state index < -0.39 is 0 Å². The van der Waals surface area contributed by atoms with E-state index in [2.05, 4.69) is 10.6 Å². The first-order chi connectivity index (χ1) is 8.84. The number of carbonyl (C=O) groups excluding carboxylic acids is 1. The molecule has 2 rings (SSSR count). The number of rotatable bonds is 5. The lowest BCUT2D eigenvalue weighted by molar-refractivity contribution is -0.116. The molecule has 0 saturated carbocycles. The van der Waals surface area contributed by atoms with Crippen molar-refractivity contribution in [3.05, 3.63) is 42.0 Å². The van der Waals surface area contributed by atoms with E-state index in [1.165, 1.54) is 12.8 Å². The summed E-state index contributed by atoms with van der Waals surface area (Å²) in [5.74, 6) is -0.0168. The van der Waals surface area contributed by atoms with E-state index in [0.717, 1.165) is 25.1 Å². The van der Waals surface area contributed by atoms with Gasteiger partial charge in [-0.15, -0.1) is 0 Å².